The first-order chi connectivity index (χ1) is 14.7. The fourth-order valence-corrected chi connectivity index (χ4v) is 5.08. The Bertz CT molecular complexity index is 1020. The van der Waals surface area contributed by atoms with Gasteiger partial charge >= 0.3 is 0 Å². The SMILES string of the molecule is COC(c1ncc(Cl)cn1)C(C)S(=O)(=O)Nc1nnc(C[C@H]2CCCO2)n1C1(C)CC1. The monoisotopic (exact) mass is 470 g/mol. The number of hydrogen-bond acceptors (Lipinski definition) is 8. The van der Waals surface area contributed by atoms with Crippen molar-refractivity contribution in [3.8, 4) is 0 Å². The van der Waals surface area contributed by atoms with Crippen LogP contribution in [0.5, 0.6) is 0 Å². The number of anilines is 1. The highest BCUT2D eigenvalue weighted by atomic mass is 35.5. The van der Waals surface area contributed by atoms with Crippen LogP contribution in [-0.4, -0.2) is 58.2 Å². The van der Waals surface area contributed by atoms with Gasteiger partial charge in [-0.3, -0.25) is 9.29 Å². The van der Waals surface area contributed by atoms with Gasteiger partial charge in [-0.05, 0) is 39.5 Å². The van der Waals surface area contributed by atoms with Crippen LogP contribution in [0.1, 0.15) is 57.3 Å². The third-order valence-electron chi connectivity index (χ3n) is 5.98. The number of halogens is 1. The molecule has 1 aliphatic heterocycles. The Morgan fingerprint density at radius 3 is 2.65 bits per heavy atom. The van der Waals surface area contributed by atoms with Crippen LogP contribution in [0.2, 0.25) is 5.02 Å². The topological polar surface area (TPSA) is 121 Å². The van der Waals surface area contributed by atoms with Gasteiger partial charge in [0.2, 0.25) is 16.0 Å². The van der Waals surface area contributed by atoms with Crippen molar-refractivity contribution in [1.82, 2.24) is 24.7 Å². The quantitative estimate of drug-likeness (QED) is 0.593. The van der Waals surface area contributed by atoms with Crippen molar-refractivity contribution >= 4 is 27.6 Å². The second-order valence-electron chi connectivity index (χ2n) is 8.38. The van der Waals surface area contributed by atoms with Crippen molar-refractivity contribution in [3.63, 3.8) is 0 Å². The van der Waals surface area contributed by atoms with Crippen molar-refractivity contribution in [3.05, 3.63) is 29.1 Å². The molecule has 1 aliphatic carbocycles. The van der Waals surface area contributed by atoms with E-state index in [1.807, 2.05) is 4.57 Å². The van der Waals surface area contributed by atoms with Gasteiger partial charge in [0, 0.05) is 38.1 Å². The molecule has 31 heavy (non-hydrogen) atoms. The van der Waals surface area contributed by atoms with Gasteiger partial charge in [-0.1, -0.05) is 11.6 Å². The van der Waals surface area contributed by atoms with Crippen LogP contribution in [0.25, 0.3) is 0 Å². The van der Waals surface area contributed by atoms with Crippen molar-refractivity contribution < 1.29 is 17.9 Å². The number of rotatable bonds is 9. The Hall–Kier alpha value is -1.82. The summed E-state index contributed by atoms with van der Waals surface area (Å²) >= 11 is 5.84. The van der Waals surface area contributed by atoms with Crippen molar-refractivity contribution in [2.24, 2.45) is 0 Å². The lowest BCUT2D eigenvalue weighted by molar-refractivity contribution is 0.0950. The zero-order chi connectivity index (χ0) is 22.2. The molecule has 0 radical (unpaired) electrons. The predicted molar refractivity (Wildman–Crippen MR) is 114 cm³/mol. The van der Waals surface area contributed by atoms with Gasteiger partial charge in [0.05, 0.1) is 11.1 Å². The van der Waals surface area contributed by atoms with Gasteiger partial charge in [-0.15, -0.1) is 10.2 Å². The molecule has 1 saturated heterocycles. The number of hydrogen-bond donors (Lipinski definition) is 1. The van der Waals surface area contributed by atoms with Gasteiger partial charge in [0.25, 0.3) is 0 Å². The molecule has 0 aromatic carbocycles. The molecule has 4 rings (SSSR count). The molecule has 1 N–H and O–H groups in total. The van der Waals surface area contributed by atoms with Crippen LogP contribution in [0, 0.1) is 0 Å². The van der Waals surface area contributed by atoms with Crippen LogP contribution >= 0.6 is 11.6 Å². The highest BCUT2D eigenvalue weighted by molar-refractivity contribution is 7.93. The lowest BCUT2D eigenvalue weighted by Gasteiger charge is -2.23. The first kappa shape index (κ1) is 22.4. The van der Waals surface area contributed by atoms with Crippen LogP contribution < -0.4 is 4.72 Å². The molecule has 2 aromatic rings. The van der Waals surface area contributed by atoms with Gasteiger partial charge < -0.3 is 9.47 Å². The summed E-state index contributed by atoms with van der Waals surface area (Å²) in [5.41, 5.74) is -0.196. The lowest BCUT2D eigenvalue weighted by Crippen LogP contribution is -2.34. The molecule has 3 heterocycles. The van der Waals surface area contributed by atoms with E-state index < -0.39 is 21.4 Å². The molecule has 2 fully saturated rings. The molecule has 0 amide bonds. The normalized spacial score (nSPS) is 22.3. The molecule has 0 spiro atoms. The maximum atomic E-state index is 13.2. The summed E-state index contributed by atoms with van der Waals surface area (Å²) in [6, 6.07) is 0. The van der Waals surface area contributed by atoms with Crippen LogP contribution in [-0.2, 0) is 31.5 Å². The summed E-state index contributed by atoms with van der Waals surface area (Å²) in [6.45, 7) is 4.37. The van der Waals surface area contributed by atoms with Crippen LogP contribution in [0.3, 0.4) is 0 Å². The molecule has 2 aliphatic rings. The largest absolute Gasteiger partial charge is 0.378 e. The molecular formula is C19H27ClN6O4S. The van der Waals surface area contributed by atoms with E-state index in [1.54, 1.807) is 6.92 Å². The summed E-state index contributed by atoms with van der Waals surface area (Å²) in [5.74, 6) is 1.19. The van der Waals surface area contributed by atoms with E-state index >= 15 is 0 Å². The number of ether oxygens (including phenoxy) is 2. The first-order valence-corrected chi connectivity index (χ1v) is 12.2. The summed E-state index contributed by atoms with van der Waals surface area (Å²) < 4.78 is 42.1. The van der Waals surface area contributed by atoms with Crippen molar-refractivity contribution in [2.45, 2.75) is 68.9 Å². The van der Waals surface area contributed by atoms with Gasteiger partial charge in [0.15, 0.2) is 5.82 Å². The second-order valence-corrected chi connectivity index (χ2v) is 10.9. The van der Waals surface area contributed by atoms with Crippen LogP contribution in [0.15, 0.2) is 12.4 Å². The van der Waals surface area contributed by atoms with E-state index in [9.17, 15) is 8.42 Å². The molecule has 12 heteroatoms. The van der Waals surface area contributed by atoms with E-state index in [0.29, 0.717) is 11.4 Å². The Balaban J connectivity index is 1.58. The summed E-state index contributed by atoms with van der Waals surface area (Å²) in [7, 11) is -2.48. The Morgan fingerprint density at radius 2 is 2.06 bits per heavy atom. The van der Waals surface area contributed by atoms with Gasteiger partial charge in [0.1, 0.15) is 17.2 Å². The highest BCUT2D eigenvalue weighted by Crippen LogP contribution is 2.45. The molecule has 1 saturated carbocycles. The number of sulfonamides is 1. The average molecular weight is 471 g/mol. The van der Waals surface area contributed by atoms with E-state index in [2.05, 4.69) is 31.8 Å². The molecule has 2 unspecified atom stereocenters. The minimum Gasteiger partial charge on any atom is -0.378 e. The maximum Gasteiger partial charge on any atom is 0.240 e. The number of aromatic nitrogens is 5. The van der Waals surface area contributed by atoms with E-state index in [1.165, 1.54) is 19.5 Å². The second kappa shape index (κ2) is 8.61. The minimum absolute atomic E-state index is 0.0913. The van der Waals surface area contributed by atoms with Crippen LogP contribution in [0.4, 0.5) is 5.95 Å². The van der Waals surface area contributed by atoms with Crippen molar-refractivity contribution in [1.29, 1.82) is 0 Å². The number of methoxy groups -OCH3 is 1. The minimum atomic E-state index is -3.89. The average Bonchev–Trinajstić information content (AvgIpc) is 3.11. The van der Waals surface area contributed by atoms with E-state index in [-0.39, 0.29) is 23.4 Å². The third-order valence-corrected chi connectivity index (χ3v) is 7.86. The summed E-state index contributed by atoms with van der Waals surface area (Å²) in [5, 5.41) is 7.85. The summed E-state index contributed by atoms with van der Waals surface area (Å²) in [6.07, 6.45) is 6.51. The number of nitrogens with one attached hydrogen (secondary N) is 1. The zero-order valence-electron chi connectivity index (χ0n) is 17.8. The standard InChI is InChI=1S/C19H27ClN6O4S/c1-12(16(29-3)17-21-10-13(20)11-22-17)31(27,28)25-18-24-23-15(9-14-5-4-8-30-14)26(18)19(2)6-7-19/h10-12,14,16H,4-9H2,1-3H3,(H,24,25)/t12?,14-,16?/m1/s1. The summed E-state index contributed by atoms with van der Waals surface area (Å²) in [4.78, 5) is 8.22. The predicted octanol–water partition coefficient (Wildman–Crippen LogP) is 2.47. The number of nitrogens with zero attached hydrogens (tertiary/aromatic N) is 5. The molecule has 2 aromatic heterocycles. The molecule has 10 nitrogen and oxygen atoms in total. The molecule has 3 atom stereocenters. The fourth-order valence-electron chi connectivity index (χ4n) is 3.85. The first-order valence-electron chi connectivity index (χ1n) is 10.3. The fraction of sp³-hybridized carbons (Fsp3) is 0.684. The molecule has 170 valence electrons. The molecule has 0 bridgehead atoms. The Kier molecular flexibility index (Phi) is 6.21. The van der Waals surface area contributed by atoms with Gasteiger partial charge in [-0.2, -0.15) is 0 Å². The third kappa shape index (κ3) is 4.69. The molecular weight excluding hydrogens is 444 g/mol. The Labute approximate surface area is 186 Å². The highest BCUT2D eigenvalue weighted by Gasteiger charge is 2.44. The Morgan fingerprint density at radius 1 is 1.35 bits per heavy atom. The lowest BCUT2D eigenvalue weighted by atomic mass is 10.1. The van der Waals surface area contributed by atoms with Gasteiger partial charge in [-0.25, -0.2) is 18.4 Å². The van der Waals surface area contributed by atoms with Crippen molar-refractivity contribution in [2.75, 3.05) is 18.4 Å². The van der Waals surface area contributed by atoms with E-state index in [4.69, 9.17) is 21.1 Å². The maximum absolute atomic E-state index is 13.2. The smallest absolute Gasteiger partial charge is 0.240 e. The zero-order valence-corrected chi connectivity index (χ0v) is 19.4. The van der Waals surface area contributed by atoms with E-state index in [0.717, 1.165) is 38.1 Å².